The number of hydroxylamine groups is 2. The van der Waals surface area contributed by atoms with Crippen LogP contribution < -0.4 is 4.90 Å². The van der Waals surface area contributed by atoms with Crippen molar-refractivity contribution in [2.45, 2.75) is 47.0 Å². The van der Waals surface area contributed by atoms with Crippen LogP contribution in [-0.2, 0) is 14.4 Å². The maximum Gasteiger partial charge on any atom is 0.338 e. The molecule has 0 unspecified atom stereocenters. The number of hydrogen-bond acceptors (Lipinski definition) is 7. The number of esters is 1. The van der Waals surface area contributed by atoms with Gasteiger partial charge in [0.05, 0.1) is 17.6 Å². The summed E-state index contributed by atoms with van der Waals surface area (Å²) in [6.07, 6.45) is 3.36. The zero-order valence-corrected chi connectivity index (χ0v) is 20.1. The number of ether oxygens (including phenoxy) is 1. The highest BCUT2D eigenvalue weighted by Gasteiger charge is 2.28. The van der Waals surface area contributed by atoms with Gasteiger partial charge in [0.2, 0.25) is 0 Å². The van der Waals surface area contributed by atoms with E-state index in [0.717, 1.165) is 64.3 Å². The molecule has 2 fully saturated rings. The second-order valence-electron chi connectivity index (χ2n) is 9.89. The van der Waals surface area contributed by atoms with Gasteiger partial charge in [-0.1, -0.05) is 6.07 Å². The number of rotatable bonds is 7. The number of piperidine rings is 1. The highest BCUT2D eigenvalue weighted by atomic mass is 16.7. The molecular weight excluding hydrogens is 406 g/mol. The first-order chi connectivity index (χ1) is 15.3. The monoisotopic (exact) mass is 445 g/mol. The smallest absolute Gasteiger partial charge is 0.338 e. The van der Waals surface area contributed by atoms with Gasteiger partial charge in [-0.25, -0.2) is 9.59 Å². The molecule has 178 valence electrons. The van der Waals surface area contributed by atoms with Crippen LogP contribution in [-0.4, -0.2) is 74.3 Å². The first-order valence-electron chi connectivity index (χ1n) is 12.0. The molecule has 32 heavy (non-hydrogen) atoms. The minimum Gasteiger partial charge on any atom is -0.462 e. The van der Waals surface area contributed by atoms with Crippen LogP contribution in [0.4, 0.5) is 5.69 Å². The van der Waals surface area contributed by atoms with Crippen molar-refractivity contribution in [2.24, 2.45) is 11.3 Å². The SMILES string of the molecule is CCOC(=O)c1cccc(N2CCN(CCC3CCN(OC(=O)C(C)(C)C)CC3)CC2)c1. The van der Waals surface area contributed by atoms with E-state index >= 15 is 0 Å². The molecule has 0 atom stereocenters. The summed E-state index contributed by atoms with van der Waals surface area (Å²) < 4.78 is 5.12. The zero-order chi connectivity index (χ0) is 23.1. The second kappa shape index (κ2) is 11.1. The molecule has 2 heterocycles. The van der Waals surface area contributed by atoms with Gasteiger partial charge in [-0.05, 0) is 77.6 Å². The molecule has 0 amide bonds. The average Bonchev–Trinajstić information content (AvgIpc) is 2.78. The summed E-state index contributed by atoms with van der Waals surface area (Å²) in [6, 6.07) is 7.75. The predicted octanol–water partition coefficient (Wildman–Crippen LogP) is 3.59. The molecule has 0 spiro atoms. The summed E-state index contributed by atoms with van der Waals surface area (Å²) in [4.78, 5) is 34.5. The largest absolute Gasteiger partial charge is 0.462 e. The third-order valence-electron chi connectivity index (χ3n) is 6.35. The molecule has 0 aromatic heterocycles. The van der Waals surface area contributed by atoms with E-state index < -0.39 is 5.41 Å². The fourth-order valence-electron chi connectivity index (χ4n) is 4.18. The van der Waals surface area contributed by atoms with Crippen LogP contribution in [0.25, 0.3) is 0 Å². The van der Waals surface area contributed by atoms with Gasteiger partial charge in [-0.2, -0.15) is 0 Å². The summed E-state index contributed by atoms with van der Waals surface area (Å²) in [7, 11) is 0. The van der Waals surface area contributed by atoms with E-state index in [0.29, 0.717) is 18.1 Å². The lowest BCUT2D eigenvalue weighted by Crippen LogP contribution is -2.47. The summed E-state index contributed by atoms with van der Waals surface area (Å²) in [5, 5.41) is 1.84. The van der Waals surface area contributed by atoms with E-state index in [4.69, 9.17) is 9.57 Å². The third-order valence-corrected chi connectivity index (χ3v) is 6.35. The number of hydrogen-bond donors (Lipinski definition) is 0. The van der Waals surface area contributed by atoms with Crippen molar-refractivity contribution in [3.8, 4) is 0 Å². The van der Waals surface area contributed by atoms with Gasteiger partial charge >= 0.3 is 11.9 Å². The second-order valence-corrected chi connectivity index (χ2v) is 9.89. The molecule has 2 saturated heterocycles. The molecule has 3 rings (SSSR count). The Hall–Kier alpha value is -2.12. The predicted molar refractivity (Wildman–Crippen MR) is 126 cm³/mol. The fraction of sp³-hybridized carbons (Fsp3) is 0.680. The van der Waals surface area contributed by atoms with Gasteiger partial charge in [0.25, 0.3) is 0 Å². The molecule has 0 saturated carbocycles. The number of anilines is 1. The summed E-state index contributed by atoms with van der Waals surface area (Å²) in [6.45, 7) is 14.7. The van der Waals surface area contributed by atoms with E-state index in [1.165, 1.54) is 6.42 Å². The number of carbonyl (C=O) groups is 2. The van der Waals surface area contributed by atoms with Gasteiger partial charge < -0.3 is 14.5 Å². The molecule has 7 heteroatoms. The van der Waals surface area contributed by atoms with Crippen LogP contribution in [0.15, 0.2) is 24.3 Å². The quantitative estimate of drug-likeness (QED) is 0.594. The minimum absolute atomic E-state index is 0.151. The molecule has 0 aliphatic carbocycles. The van der Waals surface area contributed by atoms with E-state index in [2.05, 4.69) is 15.9 Å². The maximum atomic E-state index is 12.1. The van der Waals surface area contributed by atoms with Crippen LogP contribution in [0.1, 0.15) is 57.3 Å². The Bertz CT molecular complexity index is 761. The highest BCUT2D eigenvalue weighted by Crippen LogP contribution is 2.24. The normalized spacial score (nSPS) is 19.1. The molecule has 0 bridgehead atoms. The summed E-state index contributed by atoms with van der Waals surface area (Å²) >= 11 is 0. The Morgan fingerprint density at radius 1 is 1.03 bits per heavy atom. The van der Waals surface area contributed by atoms with E-state index in [9.17, 15) is 9.59 Å². The first kappa shape index (κ1) is 24.5. The molecule has 1 aromatic rings. The third kappa shape index (κ3) is 6.94. The molecule has 1 aromatic carbocycles. The van der Waals surface area contributed by atoms with E-state index in [1.807, 2.05) is 51.0 Å². The Labute approximate surface area is 192 Å². The van der Waals surface area contributed by atoms with Crippen molar-refractivity contribution < 1.29 is 19.2 Å². The number of nitrogens with zero attached hydrogens (tertiary/aromatic N) is 3. The summed E-state index contributed by atoms with van der Waals surface area (Å²) in [5.74, 6) is 0.285. The lowest BCUT2D eigenvalue weighted by molar-refractivity contribution is -0.206. The van der Waals surface area contributed by atoms with Crippen LogP contribution >= 0.6 is 0 Å². The van der Waals surface area contributed by atoms with Crippen LogP contribution in [0, 0.1) is 11.3 Å². The van der Waals surface area contributed by atoms with Gasteiger partial charge in [0.1, 0.15) is 0 Å². The van der Waals surface area contributed by atoms with E-state index in [1.54, 1.807) is 0 Å². The van der Waals surface area contributed by atoms with Crippen molar-refractivity contribution in [1.29, 1.82) is 0 Å². The Morgan fingerprint density at radius 2 is 1.72 bits per heavy atom. The lowest BCUT2D eigenvalue weighted by atomic mass is 9.94. The van der Waals surface area contributed by atoms with Crippen molar-refractivity contribution in [3.05, 3.63) is 29.8 Å². The minimum atomic E-state index is -0.459. The molecule has 0 radical (unpaired) electrons. The Balaban J connectivity index is 1.37. The Kier molecular flexibility index (Phi) is 8.54. The number of piperazine rings is 1. The number of carbonyl (C=O) groups excluding carboxylic acids is 2. The van der Waals surface area contributed by atoms with Crippen LogP contribution in [0.3, 0.4) is 0 Å². The van der Waals surface area contributed by atoms with E-state index in [-0.39, 0.29) is 11.9 Å². The highest BCUT2D eigenvalue weighted by molar-refractivity contribution is 5.90. The maximum absolute atomic E-state index is 12.1. The van der Waals surface area contributed by atoms with Crippen LogP contribution in [0.2, 0.25) is 0 Å². The van der Waals surface area contributed by atoms with Gasteiger partial charge in [-0.15, -0.1) is 5.06 Å². The molecule has 0 N–H and O–H groups in total. The Morgan fingerprint density at radius 3 is 2.34 bits per heavy atom. The van der Waals surface area contributed by atoms with Gasteiger partial charge in [-0.3, -0.25) is 4.90 Å². The molecule has 2 aliphatic rings. The van der Waals surface area contributed by atoms with Gasteiger partial charge in [0.15, 0.2) is 0 Å². The standard InChI is InChI=1S/C25H39N3O4/c1-5-31-23(29)21-7-6-8-22(19-21)27-17-15-26(16-18-27)12-9-20-10-13-28(14-11-20)32-24(30)25(2,3)4/h6-8,19-20H,5,9-18H2,1-4H3. The van der Waals surface area contributed by atoms with Crippen molar-refractivity contribution in [3.63, 3.8) is 0 Å². The summed E-state index contributed by atoms with van der Waals surface area (Å²) in [5.41, 5.74) is 1.25. The first-order valence-corrected chi connectivity index (χ1v) is 12.0. The van der Waals surface area contributed by atoms with Crippen molar-refractivity contribution >= 4 is 17.6 Å². The fourth-order valence-corrected chi connectivity index (χ4v) is 4.18. The van der Waals surface area contributed by atoms with Gasteiger partial charge in [0, 0.05) is 45.0 Å². The molecule has 2 aliphatic heterocycles. The topological polar surface area (TPSA) is 62.3 Å². The zero-order valence-electron chi connectivity index (χ0n) is 20.1. The van der Waals surface area contributed by atoms with Crippen molar-refractivity contribution in [1.82, 2.24) is 9.96 Å². The van der Waals surface area contributed by atoms with Crippen molar-refractivity contribution in [2.75, 3.05) is 57.3 Å². The number of benzene rings is 1. The average molecular weight is 446 g/mol. The molecule has 7 nitrogen and oxygen atoms in total. The lowest BCUT2D eigenvalue weighted by Gasteiger charge is -2.37. The van der Waals surface area contributed by atoms with Crippen LogP contribution in [0.5, 0.6) is 0 Å². The molecular formula is C25H39N3O4.